The standard InChI is InChI=1S/C42H53N7O7/c1-55-41(53)45-33-17-11-29(12-18-33)39(51)48-23-21-31(25-48)38(50)44-32-15-9-27(10-16-32)26-5-7-28(8-6-26)35-24-43-37(47-35)36-4-3-22-49(36)40(52)30-13-19-34(20-14-30)46-42(54)56-2/h5-10,15-16,24,29-31,33-34,36H,3-4,11-14,17-23,25H2,1-2H3,(H,43,47)(H,44,50)(H,45,53)(H,46,54)/t29?,30?,31-,33?,34?,36+/m1/s1. The lowest BCUT2D eigenvalue weighted by atomic mass is 9.85. The summed E-state index contributed by atoms with van der Waals surface area (Å²) in [6.45, 7) is 1.72. The predicted octanol–water partition coefficient (Wildman–Crippen LogP) is 6.02. The monoisotopic (exact) mass is 767 g/mol. The Morgan fingerprint density at radius 3 is 1.80 bits per heavy atom. The summed E-state index contributed by atoms with van der Waals surface area (Å²) in [5, 5.41) is 8.73. The Hall–Kier alpha value is -5.40. The number of methoxy groups -OCH3 is 2. The molecular weight excluding hydrogens is 715 g/mol. The first-order valence-corrected chi connectivity index (χ1v) is 20.0. The lowest BCUT2D eigenvalue weighted by Gasteiger charge is -2.32. The fourth-order valence-electron chi connectivity index (χ4n) is 8.89. The summed E-state index contributed by atoms with van der Waals surface area (Å²) in [5.41, 5.74) is 4.66. The van der Waals surface area contributed by atoms with Gasteiger partial charge in [0.15, 0.2) is 0 Å². The van der Waals surface area contributed by atoms with Crippen molar-refractivity contribution in [1.29, 1.82) is 0 Å². The Balaban J connectivity index is 0.882. The van der Waals surface area contributed by atoms with Crippen LogP contribution in [-0.4, -0.2) is 95.6 Å². The number of nitrogens with one attached hydrogen (secondary N) is 4. The molecule has 7 rings (SSSR count). The van der Waals surface area contributed by atoms with E-state index in [1.54, 1.807) is 0 Å². The van der Waals surface area contributed by atoms with E-state index in [1.807, 2.05) is 40.3 Å². The zero-order chi connectivity index (χ0) is 39.2. The quantitative estimate of drug-likeness (QED) is 0.204. The summed E-state index contributed by atoms with van der Waals surface area (Å²) in [4.78, 5) is 75.1. The number of hydrogen-bond donors (Lipinski definition) is 4. The van der Waals surface area contributed by atoms with Gasteiger partial charge in [0.05, 0.1) is 38.1 Å². The highest BCUT2D eigenvalue weighted by Gasteiger charge is 2.38. The number of hydrogen-bond acceptors (Lipinski definition) is 8. The largest absolute Gasteiger partial charge is 0.453 e. The number of carbonyl (C=O) groups excluding carboxylic acids is 5. The molecule has 2 aliphatic carbocycles. The molecule has 2 aliphatic heterocycles. The van der Waals surface area contributed by atoms with Crippen LogP contribution in [0, 0.1) is 17.8 Å². The molecule has 0 spiro atoms. The Bertz CT molecular complexity index is 1860. The molecule has 4 aliphatic rings. The lowest BCUT2D eigenvalue weighted by molar-refractivity contribution is -0.138. The number of imidazole rings is 1. The van der Waals surface area contributed by atoms with Gasteiger partial charge in [-0.05, 0) is 99.5 Å². The van der Waals surface area contributed by atoms with Gasteiger partial charge < -0.3 is 40.2 Å². The highest BCUT2D eigenvalue weighted by molar-refractivity contribution is 5.94. The van der Waals surface area contributed by atoms with Crippen LogP contribution in [0.2, 0.25) is 0 Å². The highest BCUT2D eigenvalue weighted by atomic mass is 16.5. The topological polar surface area (TPSA) is 175 Å². The van der Waals surface area contributed by atoms with E-state index in [9.17, 15) is 24.0 Å². The molecule has 0 radical (unpaired) electrons. The molecule has 4 fully saturated rings. The van der Waals surface area contributed by atoms with Crippen LogP contribution in [0.4, 0.5) is 15.3 Å². The van der Waals surface area contributed by atoms with Crippen molar-refractivity contribution in [3.63, 3.8) is 0 Å². The van der Waals surface area contributed by atoms with Gasteiger partial charge in [-0.3, -0.25) is 14.4 Å². The molecule has 1 aromatic heterocycles. The van der Waals surface area contributed by atoms with Crippen LogP contribution in [-0.2, 0) is 23.9 Å². The van der Waals surface area contributed by atoms with E-state index in [4.69, 9.17) is 9.72 Å². The Morgan fingerprint density at radius 1 is 0.661 bits per heavy atom. The Kier molecular flexibility index (Phi) is 12.2. The third-order valence-electron chi connectivity index (χ3n) is 12.2. The number of likely N-dealkylation sites (tertiary alicyclic amines) is 2. The minimum absolute atomic E-state index is 0.0296. The summed E-state index contributed by atoms with van der Waals surface area (Å²) in [6, 6.07) is 16.0. The second-order valence-electron chi connectivity index (χ2n) is 15.7. The number of alkyl carbamates (subject to hydrolysis) is 2. The number of aromatic nitrogens is 2. The number of amides is 5. The molecule has 2 aromatic carbocycles. The minimum atomic E-state index is -0.440. The summed E-state index contributed by atoms with van der Waals surface area (Å²) in [7, 11) is 2.71. The number of anilines is 1. The van der Waals surface area contributed by atoms with E-state index in [0.717, 1.165) is 86.1 Å². The number of aromatic amines is 1. The van der Waals surface area contributed by atoms with E-state index < -0.39 is 12.2 Å². The fourth-order valence-corrected chi connectivity index (χ4v) is 8.89. The number of benzene rings is 2. The molecule has 0 bridgehead atoms. The third-order valence-corrected chi connectivity index (χ3v) is 12.2. The van der Waals surface area contributed by atoms with Crippen LogP contribution in [0.15, 0.2) is 54.7 Å². The summed E-state index contributed by atoms with van der Waals surface area (Å²) >= 11 is 0. The normalized spacial score (nSPS) is 25.0. The third kappa shape index (κ3) is 9.00. The molecule has 14 nitrogen and oxygen atoms in total. The first kappa shape index (κ1) is 38.9. The van der Waals surface area contributed by atoms with E-state index in [1.165, 1.54) is 14.2 Å². The van der Waals surface area contributed by atoms with Crippen molar-refractivity contribution in [3.05, 3.63) is 60.6 Å². The summed E-state index contributed by atoms with van der Waals surface area (Å²) in [6.07, 6.45) is 9.33. The molecular formula is C42H53N7O7. The van der Waals surface area contributed by atoms with Gasteiger partial charge in [0.2, 0.25) is 17.7 Å². The molecule has 3 heterocycles. The minimum Gasteiger partial charge on any atom is -0.453 e. The molecule has 14 heteroatoms. The van der Waals surface area contributed by atoms with Gasteiger partial charge in [0, 0.05) is 49.2 Å². The number of rotatable bonds is 9. The van der Waals surface area contributed by atoms with Gasteiger partial charge in [-0.15, -0.1) is 0 Å². The SMILES string of the molecule is COC(=O)NC1CCC(C(=O)N2CC[C@@H](C(=O)Nc3ccc(-c4ccc(-c5cnc([C@@H]6CCCN6C(=O)C6CCC(NC(=O)OC)CC6)[nH]5)cc4)cc3)C2)CC1. The van der Waals surface area contributed by atoms with Gasteiger partial charge in [-0.2, -0.15) is 0 Å². The molecule has 2 atom stereocenters. The number of ether oxygens (including phenoxy) is 2. The molecule has 5 amide bonds. The van der Waals surface area contributed by atoms with E-state index in [-0.39, 0.29) is 53.6 Å². The van der Waals surface area contributed by atoms with Gasteiger partial charge in [-0.25, -0.2) is 14.6 Å². The van der Waals surface area contributed by atoms with Crippen molar-refractivity contribution in [1.82, 2.24) is 30.4 Å². The van der Waals surface area contributed by atoms with Gasteiger partial charge in [0.1, 0.15) is 5.82 Å². The van der Waals surface area contributed by atoms with Crippen LogP contribution in [0.25, 0.3) is 22.4 Å². The van der Waals surface area contributed by atoms with Crippen LogP contribution in [0.3, 0.4) is 0 Å². The van der Waals surface area contributed by atoms with E-state index in [0.29, 0.717) is 38.0 Å². The number of H-pyrrole nitrogens is 1. The molecule has 2 saturated carbocycles. The van der Waals surface area contributed by atoms with Crippen LogP contribution >= 0.6 is 0 Å². The summed E-state index contributed by atoms with van der Waals surface area (Å²) in [5.74, 6) is 0.630. The Labute approximate surface area is 327 Å². The van der Waals surface area contributed by atoms with E-state index in [2.05, 4.69) is 49.9 Å². The van der Waals surface area contributed by atoms with Crippen molar-refractivity contribution in [2.45, 2.75) is 88.8 Å². The van der Waals surface area contributed by atoms with Crippen molar-refractivity contribution in [2.24, 2.45) is 17.8 Å². The summed E-state index contributed by atoms with van der Waals surface area (Å²) < 4.78 is 9.41. The lowest BCUT2D eigenvalue weighted by Crippen LogP contribution is -2.42. The van der Waals surface area contributed by atoms with Crippen LogP contribution in [0.1, 0.15) is 82.5 Å². The van der Waals surface area contributed by atoms with E-state index >= 15 is 0 Å². The number of carbonyl (C=O) groups is 5. The maximum atomic E-state index is 13.6. The average Bonchev–Trinajstić information content (AvgIpc) is 4.03. The first-order valence-electron chi connectivity index (χ1n) is 20.0. The maximum Gasteiger partial charge on any atom is 0.407 e. The molecule has 4 N–H and O–H groups in total. The van der Waals surface area contributed by atoms with Crippen molar-refractivity contribution >= 4 is 35.6 Å². The number of nitrogens with zero attached hydrogens (tertiary/aromatic N) is 3. The second kappa shape index (κ2) is 17.6. The van der Waals surface area contributed by atoms with Crippen molar-refractivity contribution in [2.75, 3.05) is 39.2 Å². The zero-order valence-corrected chi connectivity index (χ0v) is 32.3. The Morgan fingerprint density at radius 2 is 1.21 bits per heavy atom. The highest BCUT2D eigenvalue weighted by Crippen LogP contribution is 2.36. The average molecular weight is 768 g/mol. The van der Waals surface area contributed by atoms with Gasteiger partial charge >= 0.3 is 12.2 Å². The molecule has 298 valence electrons. The van der Waals surface area contributed by atoms with Gasteiger partial charge in [-0.1, -0.05) is 36.4 Å². The molecule has 0 unspecified atom stereocenters. The predicted molar refractivity (Wildman–Crippen MR) is 209 cm³/mol. The fraction of sp³-hybridized carbons (Fsp3) is 0.524. The van der Waals surface area contributed by atoms with Gasteiger partial charge in [0.25, 0.3) is 0 Å². The van der Waals surface area contributed by atoms with Crippen molar-refractivity contribution < 1.29 is 33.4 Å². The maximum absolute atomic E-state index is 13.6. The second-order valence-corrected chi connectivity index (χ2v) is 15.7. The molecule has 3 aromatic rings. The molecule has 2 saturated heterocycles. The molecule has 56 heavy (non-hydrogen) atoms. The smallest absolute Gasteiger partial charge is 0.407 e. The van der Waals surface area contributed by atoms with Crippen LogP contribution in [0.5, 0.6) is 0 Å². The zero-order valence-electron chi connectivity index (χ0n) is 32.3. The van der Waals surface area contributed by atoms with Crippen molar-refractivity contribution in [3.8, 4) is 22.4 Å². The van der Waals surface area contributed by atoms with Crippen LogP contribution < -0.4 is 16.0 Å². The first-order chi connectivity index (χ1) is 27.2.